The fraction of sp³-hybridized carbons (Fsp3) is 1.00. The summed E-state index contributed by atoms with van der Waals surface area (Å²) >= 11 is 0. The van der Waals surface area contributed by atoms with E-state index in [4.69, 9.17) is 0 Å². The van der Waals surface area contributed by atoms with E-state index in [9.17, 15) is 0 Å². The molecule has 1 heterocycles. The van der Waals surface area contributed by atoms with Crippen molar-refractivity contribution in [1.82, 2.24) is 10.2 Å². The quantitative estimate of drug-likeness (QED) is 0.779. The van der Waals surface area contributed by atoms with Gasteiger partial charge < -0.3 is 5.32 Å². The first kappa shape index (κ1) is 14.3. The van der Waals surface area contributed by atoms with E-state index in [1.54, 1.807) is 0 Å². The van der Waals surface area contributed by atoms with E-state index in [1.165, 1.54) is 64.6 Å². The van der Waals surface area contributed by atoms with Crippen LogP contribution in [0, 0.1) is 5.92 Å². The Kier molecular flexibility index (Phi) is 5.08. The lowest BCUT2D eigenvalue weighted by Gasteiger charge is -2.39. The molecule has 0 aromatic heterocycles. The van der Waals surface area contributed by atoms with Crippen LogP contribution in [0.25, 0.3) is 0 Å². The summed E-state index contributed by atoms with van der Waals surface area (Å²) in [6, 6.07) is 0.842. The molecule has 18 heavy (non-hydrogen) atoms. The molecule has 1 saturated heterocycles. The highest BCUT2D eigenvalue weighted by atomic mass is 15.2. The van der Waals surface area contributed by atoms with Crippen molar-refractivity contribution in [1.29, 1.82) is 0 Å². The van der Waals surface area contributed by atoms with Gasteiger partial charge in [-0.3, -0.25) is 4.90 Å². The molecule has 1 aliphatic heterocycles. The van der Waals surface area contributed by atoms with Gasteiger partial charge in [-0.05, 0) is 51.1 Å². The number of rotatable bonds is 6. The van der Waals surface area contributed by atoms with Crippen molar-refractivity contribution in [3.05, 3.63) is 0 Å². The maximum atomic E-state index is 3.83. The van der Waals surface area contributed by atoms with Gasteiger partial charge in [-0.25, -0.2) is 0 Å². The highest BCUT2D eigenvalue weighted by Crippen LogP contribution is 2.36. The molecule has 0 spiro atoms. The highest BCUT2D eigenvalue weighted by molar-refractivity contribution is 4.93. The maximum absolute atomic E-state index is 3.83. The maximum Gasteiger partial charge on any atom is 0.0303 e. The van der Waals surface area contributed by atoms with Crippen LogP contribution in [0.3, 0.4) is 0 Å². The third-order valence-electron chi connectivity index (χ3n) is 5.27. The van der Waals surface area contributed by atoms with Crippen molar-refractivity contribution in [2.45, 2.75) is 77.3 Å². The molecule has 0 aromatic rings. The second-order valence-corrected chi connectivity index (χ2v) is 6.48. The molecule has 2 fully saturated rings. The van der Waals surface area contributed by atoms with Crippen LogP contribution in [0.5, 0.6) is 0 Å². The SMILES string of the molecule is CCC(CC1CC1)N1CCCNC(CC)(CC)C1. The molecule has 2 nitrogen and oxygen atoms in total. The molecule has 1 atom stereocenters. The summed E-state index contributed by atoms with van der Waals surface area (Å²) in [7, 11) is 0. The van der Waals surface area contributed by atoms with Crippen LogP contribution in [0.2, 0.25) is 0 Å². The van der Waals surface area contributed by atoms with E-state index >= 15 is 0 Å². The molecule has 2 rings (SSSR count). The molecule has 0 bridgehead atoms. The van der Waals surface area contributed by atoms with Crippen LogP contribution in [0.1, 0.15) is 65.7 Å². The molecule has 0 radical (unpaired) electrons. The molecular formula is C16H32N2. The topological polar surface area (TPSA) is 15.3 Å². The first-order chi connectivity index (χ1) is 8.73. The van der Waals surface area contributed by atoms with E-state index in [2.05, 4.69) is 31.0 Å². The van der Waals surface area contributed by atoms with Gasteiger partial charge in [0, 0.05) is 18.1 Å². The highest BCUT2D eigenvalue weighted by Gasteiger charge is 2.34. The fourth-order valence-electron chi connectivity index (χ4n) is 3.51. The van der Waals surface area contributed by atoms with Gasteiger partial charge in [-0.2, -0.15) is 0 Å². The largest absolute Gasteiger partial charge is 0.310 e. The number of hydrogen-bond donors (Lipinski definition) is 1. The van der Waals surface area contributed by atoms with E-state index in [0.717, 1.165) is 12.0 Å². The summed E-state index contributed by atoms with van der Waals surface area (Å²) in [6.07, 6.45) is 9.63. The van der Waals surface area contributed by atoms with Crippen molar-refractivity contribution in [2.24, 2.45) is 5.92 Å². The minimum atomic E-state index is 0.382. The summed E-state index contributed by atoms with van der Waals surface area (Å²) in [4.78, 5) is 2.81. The van der Waals surface area contributed by atoms with Crippen molar-refractivity contribution in [3.8, 4) is 0 Å². The second kappa shape index (κ2) is 6.38. The molecule has 1 unspecified atom stereocenters. The lowest BCUT2D eigenvalue weighted by Crippen LogP contribution is -2.52. The zero-order valence-electron chi connectivity index (χ0n) is 12.7. The van der Waals surface area contributed by atoms with Crippen LogP contribution in [0.4, 0.5) is 0 Å². The van der Waals surface area contributed by atoms with Crippen LogP contribution in [-0.2, 0) is 0 Å². The Morgan fingerprint density at radius 2 is 1.94 bits per heavy atom. The van der Waals surface area contributed by atoms with Gasteiger partial charge in [-0.1, -0.05) is 33.6 Å². The number of nitrogens with zero attached hydrogens (tertiary/aromatic N) is 1. The van der Waals surface area contributed by atoms with Crippen LogP contribution in [-0.4, -0.2) is 36.1 Å². The molecule has 1 saturated carbocycles. The molecule has 0 aromatic carbocycles. The van der Waals surface area contributed by atoms with Crippen LogP contribution in [0.15, 0.2) is 0 Å². The molecule has 2 heteroatoms. The zero-order valence-corrected chi connectivity index (χ0v) is 12.7. The Balaban J connectivity index is 1.99. The van der Waals surface area contributed by atoms with Crippen molar-refractivity contribution >= 4 is 0 Å². The average molecular weight is 252 g/mol. The van der Waals surface area contributed by atoms with Gasteiger partial charge in [0.25, 0.3) is 0 Å². The monoisotopic (exact) mass is 252 g/mol. The van der Waals surface area contributed by atoms with Crippen LogP contribution >= 0.6 is 0 Å². The van der Waals surface area contributed by atoms with Crippen molar-refractivity contribution in [2.75, 3.05) is 19.6 Å². The number of hydrogen-bond acceptors (Lipinski definition) is 2. The third kappa shape index (κ3) is 3.48. The Morgan fingerprint density at radius 3 is 2.50 bits per heavy atom. The van der Waals surface area contributed by atoms with Gasteiger partial charge in [0.2, 0.25) is 0 Å². The normalized spacial score (nSPS) is 26.8. The van der Waals surface area contributed by atoms with Gasteiger partial charge in [0.05, 0.1) is 0 Å². The predicted octanol–water partition coefficient (Wildman–Crippen LogP) is 3.42. The van der Waals surface area contributed by atoms with Gasteiger partial charge >= 0.3 is 0 Å². The molecule has 2 aliphatic rings. The van der Waals surface area contributed by atoms with Gasteiger partial charge in [0.15, 0.2) is 0 Å². The summed E-state index contributed by atoms with van der Waals surface area (Å²) < 4.78 is 0. The predicted molar refractivity (Wildman–Crippen MR) is 78.9 cm³/mol. The average Bonchev–Trinajstić information content (AvgIpc) is 3.22. The first-order valence-corrected chi connectivity index (χ1v) is 8.22. The van der Waals surface area contributed by atoms with Crippen molar-refractivity contribution in [3.63, 3.8) is 0 Å². The van der Waals surface area contributed by atoms with E-state index in [1.807, 2.05) is 0 Å². The summed E-state index contributed by atoms with van der Waals surface area (Å²) in [5.41, 5.74) is 0.382. The molecular weight excluding hydrogens is 220 g/mol. The Bertz CT molecular complexity index is 243. The third-order valence-corrected chi connectivity index (χ3v) is 5.27. The second-order valence-electron chi connectivity index (χ2n) is 6.48. The fourth-order valence-corrected chi connectivity index (χ4v) is 3.51. The lowest BCUT2D eigenvalue weighted by molar-refractivity contribution is 0.134. The molecule has 106 valence electrons. The van der Waals surface area contributed by atoms with E-state index in [0.29, 0.717) is 5.54 Å². The van der Waals surface area contributed by atoms with E-state index in [-0.39, 0.29) is 0 Å². The van der Waals surface area contributed by atoms with Crippen molar-refractivity contribution < 1.29 is 0 Å². The number of nitrogens with one attached hydrogen (secondary N) is 1. The summed E-state index contributed by atoms with van der Waals surface area (Å²) in [5.74, 6) is 1.06. The first-order valence-electron chi connectivity index (χ1n) is 8.22. The molecule has 0 amide bonds. The Labute approximate surface area is 114 Å². The molecule has 1 N–H and O–H groups in total. The van der Waals surface area contributed by atoms with Gasteiger partial charge in [0.1, 0.15) is 0 Å². The minimum Gasteiger partial charge on any atom is -0.310 e. The lowest BCUT2D eigenvalue weighted by atomic mass is 9.91. The van der Waals surface area contributed by atoms with Gasteiger partial charge in [-0.15, -0.1) is 0 Å². The summed E-state index contributed by atoms with van der Waals surface area (Å²) in [5, 5.41) is 3.83. The van der Waals surface area contributed by atoms with Crippen LogP contribution < -0.4 is 5.32 Å². The zero-order chi connectivity index (χ0) is 13.0. The van der Waals surface area contributed by atoms with E-state index < -0.39 is 0 Å². The smallest absolute Gasteiger partial charge is 0.0303 e. The molecule has 1 aliphatic carbocycles. The Morgan fingerprint density at radius 1 is 1.22 bits per heavy atom. The summed E-state index contributed by atoms with van der Waals surface area (Å²) in [6.45, 7) is 10.9. The minimum absolute atomic E-state index is 0.382. The standard InChI is InChI=1S/C16H32N2/c1-4-15(12-14-8-9-14)18-11-7-10-17-16(5-2,6-3)13-18/h14-15,17H,4-13H2,1-3H3. The Hall–Kier alpha value is -0.0800.